The molecule has 1 heterocycles. The molecule has 1 aromatic carbocycles. The van der Waals surface area contributed by atoms with Crippen LogP contribution in [0.3, 0.4) is 0 Å². The molecule has 18 heavy (non-hydrogen) atoms. The van der Waals surface area contributed by atoms with Gasteiger partial charge in [0.2, 0.25) is 11.9 Å². The fraction of sp³-hybridized carbons (Fsp3) is 0.250. The number of aliphatic carboxylic acids is 1. The monoisotopic (exact) mass is 250 g/mol. The zero-order valence-corrected chi connectivity index (χ0v) is 9.72. The van der Waals surface area contributed by atoms with Crippen LogP contribution in [-0.2, 0) is 14.3 Å². The summed E-state index contributed by atoms with van der Waals surface area (Å²) >= 11 is 0. The molecule has 1 aliphatic heterocycles. The van der Waals surface area contributed by atoms with Gasteiger partial charge in [-0.2, -0.15) is 0 Å². The molecule has 94 valence electrons. The lowest BCUT2D eigenvalue weighted by Gasteiger charge is -2.10. The van der Waals surface area contributed by atoms with Crippen LogP contribution < -0.4 is 9.47 Å². The van der Waals surface area contributed by atoms with Crippen molar-refractivity contribution in [3.05, 3.63) is 23.3 Å². The molecule has 0 spiro atoms. The summed E-state index contributed by atoms with van der Waals surface area (Å²) in [5, 5.41) is 9.02. The fourth-order valence-corrected chi connectivity index (χ4v) is 1.89. The lowest BCUT2D eigenvalue weighted by molar-refractivity contribution is -0.145. The standard InChI is InChI=1S/C12H10O6/c1-16-7-4-3-6-9(11(7)17-2)8(5-13)18-10(6)12(14)15/h3-4,10H,1-2H3,(H,14,15). The number of methoxy groups -OCH3 is 2. The molecule has 0 radical (unpaired) electrons. The minimum absolute atomic E-state index is 0.187. The molecule has 1 atom stereocenters. The van der Waals surface area contributed by atoms with E-state index in [-0.39, 0.29) is 17.1 Å². The van der Waals surface area contributed by atoms with Crippen molar-refractivity contribution >= 4 is 17.7 Å². The van der Waals surface area contributed by atoms with Crippen LogP contribution >= 0.6 is 0 Å². The lowest BCUT2D eigenvalue weighted by atomic mass is 10.0. The predicted molar refractivity (Wildman–Crippen MR) is 60.1 cm³/mol. The minimum atomic E-state index is -1.23. The summed E-state index contributed by atoms with van der Waals surface area (Å²) in [6.07, 6.45) is -1.23. The van der Waals surface area contributed by atoms with Crippen molar-refractivity contribution in [2.24, 2.45) is 0 Å². The highest BCUT2D eigenvalue weighted by Gasteiger charge is 2.38. The van der Waals surface area contributed by atoms with Crippen molar-refractivity contribution in [1.82, 2.24) is 0 Å². The van der Waals surface area contributed by atoms with E-state index in [0.717, 1.165) is 0 Å². The van der Waals surface area contributed by atoms with Crippen molar-refractivity contribution in [1.29, 1.82) is 0 Å². The topological polar surface area (TPSA) is 82.1 Å². The van der Waals surface area contributed by atoms with Crippen LogP contribution in [0.15, 0.2) is 12.1 Å². The highest BCUT2D eigenvalue weighted by molar-refractivity contribution is 5.94. The summed E-state index contributed by atoms with van der Waals surface area (Å²) in [7, 11) is 2.84. The predicted octanol–water partition coefficient (Wildman–Crippen LogP) is 1.03. The summed E-state index contributed by atoms with van der Waals surface area (Å²) in [4.78, 5) is 21.9. The quantitative estimate of drug-likeness (QED) is 0.807. The molecular formula is C12H10O6. The SMILES string of the molecule is COc1ccc2c(c1OC)C(=C=O)OC2C(=O)O. The van der Waals surface area contributed by atoms with E-state index in [4.69, 9.17) is 19.3 Å². The van der Waals surface area contributed by atoms with Gasteiger partial charge in [0.05, 0.1) is 19.8 Å². The maximum atomic E-state index is 11.0. The number of benzene rings is 1. The number of rotatable bonds is 3. The van der Waals surface area contributed by atoms with Gasteiger partial charge in [0, 0.05) is 5.56 Å². The number of fused-ring (bicyclic) bond motifs is 1. The van der Waals surface area contributed by atoms with Gasteiger partial charge in [-0.3, -0.25) is 0 Å². The van der Waals surface area contributed by atoms with E-state index in [0.29, 0.717) is 11.3 Å². The number of carboxylic acid groups (broad SMARTS) is 1. The van der Waals surface area contributed by atoms with Gasteiger partial charge in [-0.05, 0) is 12.1 Å². The van der Waals surface area contributed by atoms with Crippen LogP contribution in [0.1, 0.15) is 17.2 Å². The molecule has 0 aliphatic carbocycles. The Morgan fingerprint density at radius 2 is 2.11 bits per heavy atom. The summed E-state index contributed by atoms with van der Waals surface area (Å²) < 4.78 is 15.3. The third-order valence-electron chi connectivity index (χ3n) is 2.64. The van der Waals surface area contributed by atoms with Crippen molar-refractivity contribution in [2.45, 2.75) is 6.10 Å². The first-order valence-corrected chi connectivity index (χ1v) is 5.03. The Bertz CT molecular complexity index is 556. The normalized spacial score (nSPS) is 16.6. The maximum absolute atomic E-state index is 11.0. The zero-order chi connectivity index (χ0) is 13.3. The van der Waals surface area contributed by atoms with Crippen LogP contribution in [0.2, 0.25) is 0 Å². The van der Waals surface area contributed by atoms with E-state index in [2.05, 4.69) is 0 Å². The summed E-state index contributed by atoms with van der Waals surface area (Å²) in [6, 6.07) is 3.09. The van der Waals surface area contributed by atoms with Crippen molar-refractivity contribution in [3.8, 4) is 11.5 Å². The average Bonchev–Trinajstić information content (AvgIpc) is 2.76. The first kappa shape index (κ1) is 12.0. The number of ether oxygens (including phenoxy) is 3. The van der Waals surface area contributed by atoms with Crippen molar-refractivity contribution in [3.63, 3.8) is 0 Å². The Morgan fingerprint density at radius 3 is 2.61 bits per heavy atom. The Labute approximate surface area is 102 Å². The Hall–Kier alpha value is -2.46. The molecule has 0 saturated carbocycles. The third-order valence-corrected chi connectivity index (χ3v) is 2.64. The van der Waals surface area contributed by atoms with E-state index >= 15 is 0 Å². The molecule has 0 bridgehead atoms. The number of carbonyl (C=O) groups is 1. The number of carbonyl (C=O) groups excluding carboxylic acids is 1. The second-order valence-electron chi connectivity index (χ2n) is 3.53. The smallest absolute Gasteiger partial charge is 0.349 e. The molecule has 0 saturated heterocycles. The molecule has 6 heteroatoms. The van der Waals surface area contributed by atoms with Crippen LogP contribution in [-0.4, -0.2) is 31.2 Å². The molecule has 6 nitrogen and oxygen atoms in total. The van der Waals surface area contributed by atoms with E-state index in [1.165, 1.54) is 20.3 Å². The molecular weight excluding hydrogens is 240 g/mol. The van der Waals surface area contributed by atoms with Gasteiger partial charge in [-0.1, -0.05) is 0 Å². The highest BCUT2D eigenvalue weighted by atomic mass is 16.5. The molecule has 0 fully saturated rings. The van der Waals surface area contributed by atoms with E-state index in [9.17, 15) is 9.59 Å². The maximum Gasteiger partial charge on any atom is 0.349 e. The molecule has 1 aromatic rings. The van der Waals surface area contributed by atoms with Gasteiger partial charge in [0.15, 0.2) is 17.4 Å². The Morgan fingerprint density at radius 1 is 1.39 bits per heavy atom. The molecule has 0 aromatic heterocycles. The van der Waals surface area contributed by atoms with Crippen LogP contribution in [0.25, 0.3) is 5.76 Å². The van der Waals surface area contributed by atoms with Crippen molar-refractivity contribution < 1.29 is 28.9 Å². The van der Waals surface area contributed by atoms with E-state index in [1.54, 1.807) is 12.0 Å². The second kappa shape index (κ2) is 4.43. The number of hydrogen-bond donors (Lipinski definition) is 1. The fourth-order valence-electron chi connectivity index (χ4n) is 1.89. The van der Waals surface area contributed by atoms with Crippen LogP contribution in [0.4, 0.5) is 0 Å². The van der Waals surface area contributed by atoms with Crippen molar-refractivity contribution in [2.75, 3.05) is 14.2 Å². The Kier molecular flexibility index (Phi) is 2.95. The summed E-state index contributed by atoms with van der Waals surface area (Å²) in [5.74, 6) is 0.852. The second-order valence-corrected chi connectivity index (χ2v) is 3.53. The van der Waals surface area contributed by atoms with Gasteiger partial charge >= 0.3 is 5.97 Å². The van der Waals surface area contributed by atoms with Crippen LogP contribution in [0.5, 0.6) is 11.5 Å². The number of hydrogen-bond acceptors (Lipinski definition) is 5. The third kappa shape index (κ3) is 1.59. The molecule has 2 rings (SSSR count). The van der Waals surface area contributed by atoms with Crippen LogP contribution in [0, 0.1) is 0 Å². The summed E-state index contributed by atoms with van der Waals surface area (Å²) in [6.45, 7) is 0. The van der Waals surface area contributed by atoms with Gasteiger partial charge < -0.3 is 19.3 Å². The molecule has 0 amide bonds. The van der Waals surface area contributed by atoms with E-state index < -0.39 is 12.1 Å². The Balaban J connectivity index is 2.71. The van der Waals surface area contributed by atoms with Gasteiger partial charge in [0.25, 0.3) is 0 Å². The zero-order valence-electron chi connectivity index (χ0n) is 9.72. The molecule has 1 N–H and O–H groups in total. The first-order chi connectivity index (χ1) is 8.63. The number of carboxylic acids is 1. The average molecular weight is 250 g/mol. The summed E-state index contributed by atoms with van der Waals surface area (Å²) in [5.41, 5.74) is 0.623. The van der Waals surface area contributed by atoms with Gasteiger partial charge in [-0.15, -0.1) is 0 Å². The molecule has 1 aliphatic rings. The largest absolute Gasteiger partial charge is 0.493 e. The van der Waals surface area contributed by atoms with Gasteiger partial charge in [0.1, 0.15) is 0 Å². The van der Waals surface area contributed by atoms with Gasteiger partial charge in [-0.25, -0.2) is 9.59 Å². The minimum Gasteiger partial charge on any atom is -0.493 e. The highest BCUT2D eigenvalue weighted by Crippen LogP contribution is 2.46. The first-order valence-electron chi connectivity index (χ1n) is 5.03. The van der Waals surface area contributed by atoms with E-state index in [1.807, 2.05) is 0 Å². The lowest BCUT2D eigenvalue weighted by Crippen LogP contribution is -2.09. The molecule has 1 unspecified atom stereocenters.